The van der Waals surface area contributed by atoms with E-state index in [4.69, 9.17) is 0 Å². The maximum atomic E-state index is 13.0. The minimum atomic E-state index is -3.54. The van der Waals surface area contributed by atoms with Gasteiger partial charge >= 0.3 is 5.97 Å². The molecule has 36 heavy (non-hydrogen) atoms. The van der Waals surface area contributed by atoms with Gasteiger partial charge in [-0.15, -0.1) is 11.8 Å². The number of rotatable bonds is 11. The van der Waals surface area contributed by atoms with Crippen LogP contribution in [-0.4, -0.2) is 97.0 Å². The van der Waals surface area contributed by atoms with E-state index >= 15 is 0 Å². The lowest BCUT2D eigenvalue weighted by Gasteiger charge is -2.47. The van der Waals surface area contributed by atoms with Crippen LogP contribution in [0.2, 0.25) is 0 Å². The maximum absolute atomic E-state index is 13.0. The average molecular weight is 544 g/mol. The maximum Gasteiger partial charge on any atom is 0.353 e. The number of fused-ring (bicyclic) bond motifs is 1. The molecule has 11 nitrogen and oxygen atoms in total. The number of nitrogens with one attached hydrogen (secondary N) is 3. The lowest BCUT2D eigenvalue weighted by Crippen LogP contribution is -2.62. The first-order chi connectivity index (χ1) is 17.0. The third-order valence-electron chi connectivity index (χ3n) is 7.75. The zero-order chi connectivity index (χ0) is 26.2. The quantitative estimate of drug-likeness (QED) is 0.264. The van der Waals surface area contributed by atoms with Gasteiger partial charge in [0.05, 0.1) is 12.0 Å². The number of piperazine rings is 1. The van der Waals surface area contributed by atoms with Crippen LogP contribution in [0.15, 0.2) is 10.6 Å². The Morgan fingerprint density at radius 3 is 2.61 bits per heavy atom. The van der Waals surface area contributed by atoms with Gasteiger partial charge in [-0.1, -0.05) is 20.8 Å². The fourth-order valence-electron chi connectivity index (χ4n) is 5.79. The molecule has 0 aromatic carbocycles. The smallest absolute Gasteiger partial charge is 0.353 e. The molecule has 0 aromatic rings. The van der Waals surface area contributed by atoms with Crippen molar-refractivity contribution in [2.45, 2.75) is 57.4 Å². The summed E-state index contributed by atoms with van der Waals surface area (Å²) >= 11 is 1.49. The molecule has 0 saturated carbocycles. The summed E-state index contributed by atoms with van der Waals surface area (Å²) in [6, 6.07) is -0.293. The number of Topliss-reactive ketones (excluding diaryl/α,β-unsaturated/α-hetero) is 1. The average Bonchev–Trinajstić information content (AvgIpc) is 3.39. The van der Waals surface area contributed by atoms with E-state index in [1.807, 2.05) is 13.8 Å². The number of thioether (sulfide) groups is 1. The van der Waals surface area contributed by atoms with Crippen LogP contribution >= 0.6 is 11.8 Å². The van der Waals surface area contributed by atoms with Crippen LogP contribution in [0.5, 0.6) is 0 Å². The standard InChI is InChI=1S/C23H37N5O6S2/c1-4-16(29)9-13(2)18-19-14(3)21(20(23(31)32)28(19)22(18)30)35-17-10-15(25-12-17)11-26-36(33,34)27-7-5-24-6-8-27/h13-15,17-19,24-26H,4-12H2,1-3H3,(H,31,32)/t13-,14+,15-,17?,18+,19+/m0/s1. The first-order valence-corrected chi connectivity index (χ1v) is 15.0. The molecule has 4 aliphatic heterocycles. The van der Waals surface area contributed by atoms with E-state index in [-0.39, 0.29) is 59.0 Å². The van der Waals surface area contributed by atoms with Gasteiger partial charge in [0.2, 0.25) is 5.91 Å². The molecular formula is C23H37N5O6S2. The molecule has 4 N–H and O–H groups in total. The van der Waals surface area contributed by atoms with Crippen LogP contribution < -0.4 is 15.4 Å². The van der Waals surface area contributed by atoms with Crippen molar-refractivity contribution < 1.29 is 27.9 Å². The van der Waals surface area contributed by atoms with Crippen molar-refractivity contribution in [2.75, 3.05) is 39.3 Å². The van der Waals surface area contributed by atoms with Gasteiger partial charge in [-0.2, -0.15) is 12.7 Å². The summed E-state index contributed by atoms with van der Waals surface area (Å²) in [6.07, 6.45) is 1.43. The summed E-state index contributed by atoms with van der Waals surface area (Å²) in [5.41, 5.74) is 0.0654. The lowest BCUT2D eigenvalue weighted by atomic mass is 9.73. The molecule has 3 fully saturated rings. The largest absolute Gasteiger partial charge is 0.477 e. The number of amides is 1. The molecule has 202 valence electrons. The zero-order valence-electron chi connectivity index (χ0n) is 21.0. The Morgan fingerprint density at radius 2 is 1.97 bits per heavy atom. The first kappa shape index (κ1) is 27.5. The predicted molar refractivity (Wildman–Crippen MR) is 136 cm³/mol. The Labute approximate surface area is 217 Å². The van der Waals surface area contributed by atoms with Gasteiger partial charge in [-0.3, -0.25) is 9.59 Å². The second-order valence-corrected chi connectivity index (χ2v) is 13.3. The zero-order valence-corrected chi connectivity index (χ0v) is 22.7. The summed E-state index contributed by atoms with van der Waals surface area (Å²) in [5, 5.41) is 16.5. The minimum Gasteiger partial charge on any atom is -0.477 e. The molecule has 0 radical (unpaired) electrons. The lowest BCUT2D eigenvalue weighted by molar-refractivity contribution is -0.160. The van der Waals surface area contributed by atoms with Crippen LogP contribution in [0.25, 0.3) is 0 Å². The molecule has 4 heterocycles. The number of carbonyl (C=O) groups excluding carboxylic acids is 2. The Hall–Kier alpha value is -1.51. The SMILES string of the molecule is CCC(=O)C[C@H](C)[C@H]1C(=O)N2C(C(=O)O)=C(SC3CN[C@H](CNS(=O)(=O)N4CCNCC4)C3)[C@H](C)[C@H]12. The van der Waals surface area contributed by atoms with E-state index in [1.54, 1.807) is 6.92 Å². The highest BCUT2D eigenvalue weighted by molar-refractivity contribution is 8.03. The minimum absolute atomic E-state index is 0.0581. The molecule has 0 spiro atoms. The molecular weight excluding hydrogens is 506 g/mol. The number of hydrogen-bond donors (Lipinski definition) is 4. The van der Waals surface area contributed by atoms with Crippen molar-refractivity contribution in [2.24, 2.45) is 17.8 Å². The molecule has 0 aliphatic carbocycles. The highest BCUT2D eigenvalue weighted by Crippen LogP contribution is 2.53. The van der Waals surface area contributed by atoms with E-state index in [1.165, 1.54) is 21.0 Å². The Bertz CT molecular complexity index is 1030. The molecule has 0 aromatic heterocycles. The number of β-lactam (4-membered cyclic amide) rings is 1. The third-order valence-corrected chi connectivity index (χ3v) is 10.8. The van der Waals surface area contributed by atoms with Crippen LogP contribution in [0.3, 0.4) is 0 Å². The summed E-state index contributed by atoms with van der Waals surface area (Å²) in [4.78, 5) is 39.2. The van der Waals surface area contributed by atoms with Gasteiger partial charge in [0.1, 0.15) is 11.5 Å². The van der Waals surface area contributed by atoms with Crippen molar-refractivity contribution in [3.63, 3.8) is 0 Å². The Balaban J connectivity index is 1.37. The van der Waals surface area contributed by atoms with Crippen molar-refractivity contribution in [1.29, 1.82) is 0 Å². The number of carbonyl (C=O) groups is 3. The normalized spacial score (nSPS) is 31.9. The molecule has 6 atom stereocenters. The number of carboxylic acids is 1. The number of carboxylic acid groups (broad SMARTS) is 1. The number of hydrogen-bond acceptors (Lipinski definition) is 8. The van der Waals surface area contributed by atoms with Crippen molar-refractivity contribution >= 4 is 39.6 Å². The molecule has 1 unspecified atom stereocenters. The summed E-state index contributed by atoms with van der Waals surface area (Å²) in [6.45, 7) is 8.71. The number of ketones is 1. The monoisotopic (exact) mass is 543 g/mol. The van der Waals surface area contributed by atoms with Gasteiger partial charge < -0.3 is 20.6 Å². The van der Waals surface area contributed by atoms with Gasteiger partial charge in [-0.25, -0.2) is 9.52 Å². The van der Waals surface area contributed by atoms with E-state index in [0.717, 1.165) is 0 Å². The Kier molecular flexibility index (Phi) is 8.47. The van der Waals surface area contributed by atoms with Gasteiger partial charge in [0.25, 0.3) is 10.2 Å². The molecule has 3 saturated heterocycles. The van der Waals surface area contributed by atoms with Gasteiger partial charge in [0, 0.05) is 74.2 Å². The van der Waals surface area contributed by atoms with E-state index in [0.29, 0.717) is 56.9 Å². The summed E-state index contributed by atoms with van der Waals surface area (Å²) in [5.74, 6) is -1.82. The van der Waals surface area contributed by atoms with Crippen LogP contribution in [0.1, 0.15) is 40.0 Å². The number of aliphatic carboxylic acids is 1. The topological polar surface area (TPSA) is 148 Å². The molecule has 13 heteroatoms. The highest BCUT2D eigenvalue weighted by atomic mass is 32.2. The molecule has 4 aliphatic rings. The van der Waals surface area contributed by atoms with E-state index < -0.39 is 16.2 Å². The second kappa shape index (κ2) is 11.1. The number of nitrogens with zero attached hydrogens (tertiary/aromatic N) is 2. The molecule has 1 amide bonds. The first-order valence-electron chi connectivity index (χ1n) is 12.7. The predicted octanol–water partition coefficient (Wildman–Crippen LogP) is -0.0321. The summed E-state index contributed by atoms with van der Waals surface area (Å²) in [7, 11) is -3.54. The van der Waals surface area contributed by atoms with Gasteiger partial charge in [0.15, 0.2) is 0 Å². The summed E-state index contributed by atoms with van der Waals surface area (Å²) < 4.78 is 29.3. The van der Waals surface area contributed by atoms with Crippen molar-refractivity contribution in [1.82, 2.24) is 24.6 Å². The van der Waals surface area contributed by atoms with Crippen LogP contribution in [0, 0.1) is 17.8 Å². The van der Waals surface area contributed by atoms with Crippen molar-refractivity contribution in [3.8, 4) is 0 Å². The third kappa shape index (κ3) is 5.37. The fraction of sp³-hybridized carbons (Fsp3) is 0.783. The highest BCUT2D eigenvalue weighted by Gasteiger charge is 2.60. The van der Waals surface area contributed by atoms with Crippen LogP contribution in [-0.2, 0) is 24.6 Å². The van der Waals surface area contributed by atoms with E-state index in [2.05, 4.69) is 15.4 Å². The Morgan fingerprint density at radius 1 is 1.28 bits per heavy atom. The van der Waals surface area contributed by atoms with Crippen LogP contribution in [0.4, 0.5) is 0 Å². The van der Waals surface area contributed by atoms with Crippen molar-refractivity contribution in [3.05, 3.63) is 10.6 Å². The molecule has 4 rings (SSSR count). The fourth-order valence-corrected chi connectivity index (χ4v) is 8.56. The van der Waals surface area contributed by atoms with Gasteiger partial charge in [-0.05, 0) is 12.3 Å². The van der Waals surface area contributed by atoms with E-state index in [9.17, 15) is 27.9 Å². The molecule has 0 bridgehead atoms. The second-order valence-electron chi connectivity index (χ2n) is 10.2.